The lowest BCUT2D eigenvalue weighted by Gasteiger charge is -2.29. The van der Waals surface area contributed by atoms with E-state index in [0.717, 1.165) is 52.0 Å². The maximum atomic E-state index is 12.3. The predicted molar refractivity (Wildman–Crippen MR) is 78.4 cm³/mol. The van der Waals surface area contributed by atoms with Crippen LogP contribution in [0.5, 0.6) is 0 Å². The van der Waals surface area contributed by atoms with E-state index in [1.807, 2.05) is 4.90 Å². The van der Waals surface area contributed by atoms with E-state index in [1.165, 1.54) is 0 Å². The third-order valence-corrected chi connectivity index (χ3v) is 4.04. The number of aromatic amines is 1. The Labute approximate surface area is 120 Å². The molecule has 6 heteroatoms. The van der Waals surface area contributed by atoms with Crippen LogP contribution in [0.2, 0.25) is 0 Å². The molecule has 1 amide bonds. The molecule has 6 nitrogen and oxygen atoms in total. The highest BCUT2D eigenvalue weighted by Gasteiger charge is 2.23. The molecule has 0 bridgehead atoms. The zero-order chi connectivity index (χ0) is 14.4. The van der Waals surface area contributed by atoms with Gasteiger partial charge in [-0.3, -0.25) is 14.8 Å². The fraction of sp³-hybridized carbons (Fsp3) is 0.714. The zero-order valence-corrected chi connectivity index (χ0v) is 12.2. The first-order valence-corrected chi connectivity index (χ1v) is 7.49. The summed E-state index contributed by atoms with van der Waals surface area (Å²) in [5.41, 5.74) is 6.26. The van der Waals surface area contributed by atoms with Crippen molar-refractivity contribution >= 4 is 5.91 Å². The van der Waals surface area contributed by atoms with E-state index < -0.39 is 0 Å². The molecule has 1 aromatic heterocycles. The summed E-state index contributed by atoms with van der Waals surface area (Å²) in [7, 11) is 0. The van der Waals surface area contributed by atoms with Gasteiger partial charge in [0.1, 0.15) is 5.69 Å². The van der Waals surface area contributed by atoms with Crippen LogP contribution in [0.25, 0.3) is 0 Å². The summed E-state index contributed by atoms with van der Waals surface area (Å²) < 4.78 is 0. The van der Waals surface area contributed by atoms with E-state index in [9.17, 15) is 4.79 Å². The number of amides is 1. The number of carbonyl (C=O) groups excluding carboxylic acids is 1. The maximum absolute atomic E-state index is 12.3. The number of carbonyl (C=O) groups is 1. The first-order chi connectivity index (χ1) is 9.76. The molecule has 1 aromatic rings. The van der Waals surface area contributed by atoms with Gasteiger partial charge in [-0.1, -0.05) is 6.92 Å². The molecule has 1 aliphatic rings. The number of hydrogen-bond acceptors (Lipinski definition) is 4. The van der Waals surface area contributed by atoms with Crippen molar-refractivity contribution in [2.45, 2.75) is 32.2 Å². The van der Waals surface area contributed by atoms with Gasteiger partial charge in [-0.15, -0.1) is 0 Å². The second-order valence-corrected chi connectivity index (χ2v) is 5.29. The van der Waals surface area contributed by atoms with Crippen LogP contribution in [-0.4, -0.2) is 64.7 Å². The molecule has 2 rings (SSSR count). The fourth-order valence-electron chi connectivity index (χ4n) is 2.89. The average molecular weight is 279 g/mol. The molecular weight excluding hydrogens is 254 g/mol. The predicted octanol–water partition coefficient (Wildman–Crippen LogP) is 0.685. The van der Waals surface area contributed by atoms with Crippen molar-refractivity contribution in [2.24, 2.45) is 5.73 Å². The molecule has 0 radical (unpaired) electrons. The van der Waals surface area contributed by atoms with Gasteiger partial charge in [0.05, 0.1) is 0 Å². The highest BCUT2D eigenvalue weighted by molar-refractivity contribution is 5.92. The molecule has 1 saturated heterocycles. The Morgan fingerprint density at radius 1 is 1.45 bits per heavy atom. The second kappa shape index (κ2) is 7.40. The number of H-pyrrole nitrogens is 1. The van der Waals surface area contributed by atoms with E-state index in [4.69, 9.17) is 5.73 Å². The van der Waals surface area contributed by atoms with Crippen LogP contribution in [0.3, 0.4) is 0 Å². The molecular formula is C14H25N5O. The molecule has 0 spiro atoms. The number of nitrogens with one attached hydrogen (secondary N) is 1. The number of nitrogens with two attached hydrogens (primary N) is 1. The van der Waals surface area contributed by atoms with Crippen molar-refractivity contribution in [1.29, 1.82) is 0 Å². The molecule has 3 N–H and O–H groups in total. The Morgan fingerprint density at radius 2 is 2.30 bits per heavy atom. The van der Waals surface area contributed by atoms with Crippen molar-refractivity contribution < 1.29 is 4.79 Å². The summed E-state index contributed by atoms with van der Waals surface area (Å²) >= 11 is 0. The molecule has 1 atom stereocenters. The molecule has 1 fully saturated rings. The summed E-state index contributed by atoms with van der Waals surface area (Å²) in [4.78, 5) is 16.7. The topological polar surface area (TPSA) is 78.2 Å². The molecule has 0 saturated carbocycles. The summed E-state index contributed by atoms with van der Waals surface area (Å²) in [6.07, 6.45) is 4.78. The SMILES string of the molecule is CCC(CCN)N1CCCN(C(=O)c2ccn[nH]2)CC1. The number of rotatable bonds is 5. The van der Waals surface area contributed by atoms with E-state index in [2.05, 4.69) is 22.0 Å². The minimum atomic E-state index is 0.0521. The van der Waals surface area contributed by atoms with Gasteiger partial charge in [0.25, 0.3) is 5.91 Å². The fourth-order valence-corrected chi connectivity index (χ4v) is 2.89. The third-order valence-electron chi connectivity index (χ3n) is 4.04. The smallest absolute Gasteiger partial charge is 0.271 e. The Bertz CT molecular complexity index is 406. The summed E-state index contributed by atoms with van der Waals surface area (Å²) in [5.74, 6) is 0.0521. The Kier molecular flexibility index (Phi) is 5.55. The van der Waals surface area contributed by atoms with Gasteiger partial charge in [-0.2, -0.15) is 5.10 Å². The van der Waals surface area contributed by atoms with Gasteiger partial charge >= 0.3 is 0 Å². The highest BCUT2D eigenvalue weighted by atomic mass is 16.2. The van der Waals surface area contributed by atoms with Gasteiger partial charge in [0.15, 0.2) is 0 Å². The minimum absolute atomic E-state index is 0.0521. The lowest BCUT2D eigenvalue weighted by atomic mass is 10.1. The molecule has 0 aromatic carbocycles. The van der Waals surface area contributed by atoms with Gasteiger partial charge < -0.3 is 10.6 Å². The van der Waals surface area contributed by atoms with Gasteiger partial charge in [-0.05, 0) is 31.9 Å². The van der Waals surface area contributed by atoms with E-state index in [-0.39, 0.29) is 5.91 Å². The quantitative estimate of drug-likeness (QED) is 0.831. The molecule has 0 aliphatic carbocycles. The minimum Gasteiger partial charge on any atom is -0.336 e. The molecule has 1 aliphatic heterocycles. The van der Waals surface area contributed by atoms with Crippen LogP contribution in [0, 0.1) is 0 Å². The van der Waals surface area contributed by atoms with Gasteiger partial charge in [0.2, 0.25) is 0 Å². The first kappa shape index (κ1) is 15.0. The highest BCUT2D eigenvalue weighted by Crippen LogP contribution is 2.13. The Balaban J connectivity index is 1.93. The van der Waals surface area contributed by atoms with Crippen LogP contribution in [0.4, 0.5) is 0 Å². The first-order valence-electron chi connectivity index (χ1n) is 7.49. The van der Waals surface area contributed by atoms with Crippen LogP contribution in [0.1, 0.15) is 36.7 Å². The van der Waals surface area contributed by atoms with Crippen LogP contribution >= 0.6 is 0 Å². The summed E-state index contributed by atoms with van der Waals surface area (Å²) in [5, 5.41) is 6.59. The van der Waals surface area contributed by atoms with E-state index >= 15 is 0 Å². The van der Waals surface area contributed by atoms with Crippen LogP contribution in [-0.2, 0) is 0 Å². The molecule has 112 valence electrons. The number of hydrogen-bond donors (Lipinski definition) is 2. The number of aromatic nitrogens is 2. The second-order valence-electron chi connectivity index (χ2n) is 5.29. The van der Waals surface area contributed by atoms with Gasteiger partial charge in [0, 0.05) is 38.4 Å². The van der Waals surface area contributed by atoms with Crippen molar-refractivity contribution in [3.05, 3.63) is 18.0 Å². The molecule has 1 unspecified atom stereocenters. The largest absolute Gasteiger partial charge is 0.336 e. The van der Waals surface area contributed by atoms with Crippen molar-refractivity contribution in [2.75, 3.05) is 32.7 Å². The van der Waals surface area contributed by atoms with E-state index in [0.29, 0.717) is 11.7 Å². The van der Waals surface area contributed by atoms with Crippen LogP contribution < -0.4 is 5.73 Å². The standard InChI is InChI=1S/C14H25N5O/c1-2-12(4-6-15)18-8-3-9-19(11-10-18)14(20)13-5-7-16-17-13/h5,7,12H,2-4,6,8-11,15H2,1H3,(H,16,17). The molecule has 20 heavy (non-hydrogen) atoms. The van der Waals surface area contributed by atoms with Crippen LogP contribution in [0.15, 0.2) is 12.3 Å². The van der Waals surface area contributed by atoms with Crippen molar-refractivity contribution in [1.82, 2.24) is 20.0 Å². The summed E-state index contributed by atoms with van der Waals surface area (Å²) in [6, 6.07) is 2.27. The Hall–Kier alpha value is -1.40. The lowest BCUT2D eigenvalue weighted by molar-refractivity contribution is 0.0751. The maximum Gasteiger partial charge on any atom is 0.271 e. The van der Waals surface area contributed by atoms with Crippen molar-refractivity contribution in [3.63, 3.8) is 0 Å². The zero-order valence-electron chi connectivity index (χ0n) is 12.2. The Morgan fingerprint density at radius 3 is 2.95 bits per heavy atom. The van der Waals surface area contributed by atoms with Crippen molar-refractivity contribution in [3.8, 4) is 0 Å². The van der Waals surface area contributed by atoms with Gasteiger partial charge in [-0.25, -0.2) is 0 Å². The normalized spacial score (nSPS) is 18.8. The number of nitrogens with zero attached hydrogens (tertiary/aromatic N) is 3. The van der Waals surface area contributed by atoms with E-state index in [1.54, 1.807) is 12.3 Å². The summed E-state index contributed by atoms with van der Waals surface area (Å²) in [6.45, 7) is 6.50. The lowest BCUT2D eigenvalue weighted by Crippen LogP contribution is -2.40. The third kappa shape index (κ3) is 3.58. The monoisotopic (exact) mass is 279 g/mol. The molecule has 2 heterocycles. The average Bonchev–Trinajstić information content (AvgIpc) is 2.89.